The van der Waals surface area contributed by atoms with Gasteiger partial charge >= 0.3 is 0 Å². The average molecular weight is 498 g/mol. The van der Waals surface area contributed by atoms with E-state index in [1.807, 2.05) is 25.1 Å². The molecule has 1 heterocycles. The van der Waals surface area contributed by atoms with Crippen LogP contribution in [-0.2, 0) is 21.4 Å². The van der Waals surface area contributed by atoms with E-state index >= 15 is 0 Å². The lowest BCUT2D eigenvalue weighted by Gasteiger charge is -2.31. The zero-order chi connectivity index (χ0) is 24.1. The molecular weight excluding hydrogens is 470 g/mol. The highest BCUT2D eigenvalue weighted by molar-refractivity contribution is 7.92. The molecule has 0 bridgehead atoms. The lowest BCUT2D eigenvalue weighted by Crippen LogP contribution is -2.37. The summed E-state index contributed by atoms with van der Waals surface area (Å²) in [6, 6.07) is 21.5. The second-order valence-electron chi connectivity index (χ2n) is 8.62. The summed E-state index contributed by atoms with van der Waals surface area (Å²) in [6.45, 7) is 4.49. The molecule has 0 radical (unpaired) electrons. The van der Waals surface area contributed by atoms with Gasteiger partial charge in [-0.3, -0.25) is 14.4 Å². The molecule has 0 unspecified atom stereocenters. The summed E-state index contributed by atoms with van der Waals surface area (Å²) in [5, 5.41) is 3.42. The van der Waals surface area contributed by atoms with Gasteiger partial charge < -0.3 is 5.32 Å². The lowest BCUT2D eigenvalue weighted by molar-refractivity contribution is -0.121. The van der Waals surface area contributed by atoms with Crippen LogP contribution in [0.2, 0.25) is 5.02 Å². The molecule has 1 aliphatic heterocycles. The normalized spacial score (nSPS) is 15.1. The summed E-state index contributed by atoms with van der Waals surface area (Å²) in [5.74, 6) is -0.0780. The number of likely N-dealkylation sites (tertiary alicyclic amines) is 1. The van der Waals surface area contributed by atoms with E-state index in [0.29, 0.717) is 16.4 Å². The molecule has 0 atom stereocenters. The third kappa shape index (κ3) is 6.17. The zero-order valence-corrected chi connectivity index (χ0v) is 20.6. The molecule has 0 saturated carbocycles. The van der Waals surface area contributed by atoms with Gasteiger partial charge in [-0.2, -0.15) is 0 Å². The van der Waals surface area contributed by atoms with Crippen LogP contribution >= 0.6 is 11.6 Å². The van der Waals surface area contributed by atoms with Gasteiger partial charge in [0.25, 0.3) is 10.0 Å². The number of sulfonamides is 1. The van der Waals surface area contributed by atoms with Crippen molar-refractivity contribution in [2.45, 2.75) is 31.2 Å². The quantitative estimate of drug-likeness (QED) is 0.464. The largest absolute Gasteiger partial charge is 0.326 e. The summed E-state index contributed by atoms with van der Waals surface area (Å²) in [7, 11) is -3.77. The van der Waals surface area contributed by atoms with Crippen LogP contribution in [0, 0.1) is 12.8 Å². The van der Waals surface area contributed by atoms with E-state index in [-0.39, 0.29) is 16.7 Å². The molecule has 0 spiro atoms. The van der Waals surface area contributed by atoms with E-state index in [1.54, 1.807) is 30.3 Å². The van der Waals surface area contributed by atoms with Crippen LogP contribution in [0.3, 0.4) is 0 Å². The van der Waals surface area contributed by atoms with Crippen LogP contribution in [0.15, 0.2) is 77.7 Å². The van der Waals surface area contributed by atoms with Gasteiger partial charge in [0.05, 0.1) is 10.6 Å². The summed E-state index contributed by atoms with van der Waals surface area (Å²) >= 11 is 6.09. The molecule has 4 rings (SSSR count). The van der Waals surface area contributed by atoms with Gasteiger partial charge in [0, 0.05) is 23.2 Å². The first kappa shape index (κ1) is 24.3. The molecule has 3 aromatic carbocycles. The SMILES string of the molecule is Cc1ccc(NS(=O)(=O)c2ccc(NC(=O)C3CCN(Cc4ccccc4)CC3)cc2)cc1Cl. The maximum absolute atomic E-state index is 12.7. The molecule has 2 N–H and O–H groups in total. The number of carbonyl (C=O) groups is 1. The monoisotopic (exact) mass is 497 g/mol. The number of halogens is 1. The number of benzene rings is 3. The van der Waals surface area contributed by atoms with Gasteiger partial charge in [0.15, 0.2) is 0 Å². The van der Waals surface area contributed by atoms with E-state index in [2.05, 4.69) is 27.1 Å². The van der Waals surface area contributed by atoms with Gasteiger partial charge in [-0.15, -0.1) is 0 Å². The fraction of sp³-hybridized carbons (Fsp3) is 0.269. The van der Waals surface area contributed by atoms with Crippen LogP contribution in [0.1, 0.15) is 24.0 Å². The van der Waals surface area contributed by atoms with Crippen molar-refractivity contribution in [3.63, 3.8) is 0 Å². The highest BCUT2D eigenvalue weighted by Crippen LogP contribution is 2.24. The van der Waals surface area contributed by atoms with Crippen molar-refractivity contribution >= 4 is 38.9 Å². The number of amides is 1. The molecule has 1 saturated heterocycles. The minimum atomic E-state index is -3.77. The Morgan fingerprint density at radius 2 is 1.62 bits per heavy atom. The Morgan fingerprint density at radius 1 is 0.971 bits per heavy atom. The maximum Gasteiger partial charge on any atom is 0.261 e. The Hall–Kier alpha value is -2.87. The van der Waals surface area contributed by atoms with E-state index in [0.717, 1.165) is 38.0 Å². The maximum atomic E-state index is 12.7. The molecule has 1 aliphatic rings. The smallest absolute Gasteiger partial charge is 0.261 e. The highest BCUT2D eigenvalue weighted by atomic mass is 35.5. The van der Waals surface area contributed by atoms with Crippen LogP contribution in [0.4, 0.5) is 11.4 Å². The van der Waals surface area contributed by atoms with Crippen LogP contribution in [0.5, 0.6) is 0 Å². The van der Waals surface area contributed by atoms with Gasteiger partial charge in [0.1, 0.15) is 0 Å². The third-order valence-corrected chi connectivity index (χ3v) is 7.87. The molecule has 6 nitrogen and oxygen atoms in total. The van der Waals surface area contributed by atoms with Crippen molar-refractivity contribution in [2.24, 2.45) is 5.92 Å². The number of nitrogens with zero attached hydrogens (tertiary/aromatic N) is 1. The van der Waals surface area contributed by atoms with Crippen molar-refractivity contribution in [3.05, 3.63) is 88.9 Å². The predicted molar refractivity (Wildman–Crippen MR) is 137 cm³/mol. The number of piperidine rings is 1. The van der Waals surface area contributed by atoms with Crippen LogP contribution < -0.4 is 10.0 Å². The molecule has 34 heavy (non-hydrogen) atoms. The predicted octanol–water partition coefficient (Wildman–Crippen LogP) is 5.30. The molecular formula is C26H28ClN3O3S. The summed E-state index contributed by atoms with van der Waals surface area (Å²) in [4.78, 5) is 15.2. The lowest BCUT2D eigenvalue weighted by atomic mass is 9.95. The number of hydrogen-bond acceptors (Lipinski definition) is 4. The Labute approximate surface area is 206 Å². The minimum absolute atomic E-state index is 0.0256. The molecule has 3 aromatic rings. The standard InChI is InChI=1S/C26H28ClN3O3S/c1-19-7-8-23(17-25(19)27)29-34(32,33)24-11-9-22(10-12-24)28-26(31)21-13-15-30(16-14-21)18-20-5-3-2-4-6-20/h2-12,17,21,29H,13-16,18H2,1H3,(H,28,31). The minimum Gasteiger partial charge on any atom is -0.326 e. The third-order valence-electron chi connectivity index (χ3n) is 6.06. The molecule has 1 amide bonds. The number of carbonyl (C=O) groups excluding carboxylic acids is 1. The number of rotatable bonds is 7. The van der Waals surface area contributed by atoms with Crippen molar-refractivity contribution in [2.75, 3.05) is 23.1 Å². The number of hydrogen-bond donors (Lipinski definition) is 2. The summed E-state index contributed by atoms with van der Waals surface area (Å²) in [6.07, 6.45) is 1.60. The summed E-state index contributed by atoms with van der Waals surface area (Å²) in [5.41, 5.74) is 3.12. The van der Waals surface area contributed by atoms with E-state index in [1.165, 1.54) is 17.7 Å². The number of anilines is 2. The van der Waals surface area contributed by atoms with Crippen LogP contribution in [0.25, 0.3) is 0 Å². The Kier molecular flexibility index (Phi) is 7.56. The average Bonchev–Trinajstić information content (AvgIpc) is 2.83. The second kappa shape index (κ2) is 10.6. The van der Waals surface area contributed by atoms with E-state index in [9.17, 15) is 13.2 Å². The van der Waals surface area contributed by atoms with Crippen molar-refractivity contribution < 1.29 is 13.2 Å². The summed E-state index contributed by atoms with van der Waals surface area (Å²) < 4.78 is 27.9. The first-order valence-corrected chi connectivity index (χ1v) is 13.1. The zero-order valence-electron chi connectivity index (χ0n) is 19.0. The Balaban J connectivity index is 1.31. The fourth-order valence-corrected chi connectivity index (χ4v) is 5.26. The molecule has 178 valence electrons. The van der Waals surface area contributed by atoms with Crippen molar-refractivity contribution in [1.29, 1.82) is 0 Å². The molecule has 1 fully saturated rings. The van der Waals surface area contributed by atoms with Crippen LogP contribution in [-0.4, -0.2) is 32.3 Å². The van der Waals surface area contributed by atoms with Gasteiger partial charge in [0.2, 0.25) is 5.91 Å². The number of aryl methyl sites for hydroxylation is 1. The molecule has 0 aromatic heterocycles. The van der Waals surface area contributed by atoms with Gasteiger partial charge in [-0.1, -0.05) is 48.0 Å². The highest BCUT2D eigenvalue weighted by Gasteiger charge is 2.25. The number of nitrogens with one attached hydrogen (secondary N) is 2. The topological polar surface area (TPSA) is 78.5 Å². The van der Waals surface area contributed by atoms with Crippen molar-refractivity contribution in [3.8, 4) is 0 Å². The fourth-order valence-electron chi connectivity index (χ4n) is 4.03. The first-order valence-electron chi connectivity index (χ1n) is 11.3. The van der Waals surface area contributed by atoms with Gasteiger partial charge in [-0.25, -0.2) is 8.42 Å². The van der Waals surface area contributed by atoms with Gasteiger partial charge in [-0.05, 0) is 80.4 Å². The molecule has 8 heteroatoms. The Bertz CT molecular complexity index is 1240. The van der Waals surface area contributed by atoms with Crippen molar-refractivity contribution in [1.82, 2.24) is 4.90 Å². The Morgan fingerprint density at radius 3 is 2.26 bits per heavy atom. The second-order valence-corrected chi connectivity index (χ2v) is 10.7. The van der Waals surface area contributed by atoms with E-state index in [4.69, 9.17) is 11.6 Å². The van der Waals surface area contributed by atoms with E-state index < -0.39 is 10.0 Å². The first-order chi connectivity index (χ1) is 16.3. The molecule has 0 aliphatic carbocycles.